The van der Waals surface area contributed by atoms with Gasteiger partial charge in [0, 0.05) is 46.0 Å². The third-order valence-electron chi connectivity index (χ3n) is 8.97. The lowest BCUT2D eigenvalue weighted by Gasteiger charge is -2.48. The van der Waals surface area contributed by atoms with E-state index in [2.05, 4.69) is 28.6 Å². The number of aliphatic imine (C=N–C) groups is 1. The Labute approximate surface area is 262 Å². The third kappa shape index (κ3) is 5.90. The Kier molecular flexibility index (Phi) is 8.00. The molecule has 2 saturated heterocycles. The number of ketones is 1. The van der Waals surface area contributed by atoms with E-state index in [1.54, 1.807) is 11.3 Å². The second-order valence-corrected chi connectivity index (χ2v) is 15.0. The number of halogens is 1. The highest BCUT2D eigenvalue weighted by atomic mass is 35.5. The van der Waals surface area contributed by atoms with Gasteiger partial charge < -0.3 is 9.64 Å². The predicted molar refractivity (Wildman–Crippen MR) is 170 cm³/mol. The number of hydrogen-bond acceptors (Lipinski definition) is 7. The quantitative estimate of drug-likeness (QED) is 0.291. The smallest absolute Gasteiger partial charge is 0.410 e. The van der Waals surface area contributed by atoms with E-state index < -0.39 is 11.6 Å². The van der Waals surface area contributed by atoms with Crippen LogP contribution in [0.4, 0.5) is 4.79 Å². The number of ether oxygens (including phenoxy) is 1. The van der Waals surface area contributed by atoms with Crippen LogP contribution in [0.5, 0.6) is 0 Å². The van der Waals surface area contributed by atoms with Gasteiger partial charge in [-0.05, 0) is 97.3 Å². The standard InChI is InChI=1S/C33H40ClN5O3S/c1-18-19(2)43-31-28(18)29(22-10-12-23(34)13-11-22)35-27(30-37-36-20(3)38(30)31)17-26(40)16-21-14-24-8-7-9-25(15-21)39(24)32(41)42-33(4,5)6/h10-13,21,24-25,27H,7-9,14-17H2,1-6H3/t21?,24-,25+,27-/m0/s1. The third-order valence-corrected chi connectivity index (χ3v) is 10.4. The van der Waals surface area contributed by atoms with Crippen molar-refractivity contribution in [1.29, 1.82) is 0 Å². The van der Waals surface area contributed by atoms with Crippen molar-refractivity contribution < 1.29 is 14.3 Å². The number of carbonyl (C=O) groups is 2. The van der Waals surface area contributed by atoms with E-state index in [9.17, 15) is 9.59 Å². The number of aromatic nitrogens is 3. The molecular weight excluding hydrogens is 582 g/mol. The van der Waals surface area contributed by atoms with Gasteiger partial charge in [0.25, 0.3) is 0 Å². The van der Waals surface area contributed by atoms with Crippen LogP contribution in [0.1, 0.15) is 105 Å². The maximum absolute atomic E-state index is 13.8. The summed E-state index contributed by atoms with van der Waals surface area (Å²) < 4.78 is 7.84. The van der Waals surface area contributed by atoms with Crippen molar-refractivity contribution in [3.63, 3.8) is 0 Å². The minimum absolute atomic E-state index is 0.125. The molecule has 8 nitrogen and oxygen atoms in total. The fourth-order valence-corrected chi connectivity index (χ4v) is 8.37. The zero-order chi connectivity index (χ0) is 30.6. The van der Waals surface area contributed by atoms with Crippen LogP contribution in [0.3, 0.4) is 0 Å². The van der Waals surface area contributed by atoms with Crippen LogP contribution >= 0.6 is 22.9 Å². The Morgan fingerprint density at radius 1 is 1.02 bits per heavy atom. The largest absolute Gasteiger partial charge is 0.444 e. The highest BCUT2D eigenvalue weighted by molar-refractivity contribution is 7.15. The Morgan fingerprint density at radius 3 is 2.35 bits per heavy atom. The molecule has 6 rings (SSSR count). The number of thiophene rings is 1. The average molecular weight is 622 g/mol. The van der Waals surface area contributed by atoms with Gasteiger partial charge in [0.05, 0.1) is 5.71 Å². The predicted octanol–water partition coefficient (Wildman–Crippen LogP) is 7.72. The summed E-state index contributed by atoms with van der Waals surface area (Å²) in [6, 6.07) is 7.54. The highest BCUT2D eigenvalue weighted by Gasteiger charge is 2.43. The highest BCUT2D eigenvalue weighted by Crippen LogP contribution is 2.42. The number of amides is 1. The van der Waals surface area contributed by atoms with Crippen molar-refractivity contribution in [2.75, 3.05) is 0 Å². The molecule has 0 saturated carbocycles. The number of Topliss-reactive ketones (excluding diaryl/α,β-unsaturated/α-hetero) is 1. The Hall–Kier alpha value is -3.04. The lowest BCUT2D eigenvalue weighted by Crippen LogP contribution is -2.56. The van der Waals surface area contributed by atoms with Crippen molar-refractivity contribution in [2.24, 2.45) is 10.9 Å². The minimum Gasteiger partial charge on any atom is -0.444 e. The molecule has 0 N–H and O–H groups in total. The van der Waals surface area contributed by atoms with E-state index in [1.165, 1.54) is 10.4 Å². The molecule has 228 valence electrons. The molecule has 1 amide bonds. The van der Waals surface area contributed by atoms with Gasteiger partial charge in [-0.3, -0.25) is 14.4 Å². The number of hydrogen-bond donors (Lipinski definition) is 0. The van der Waals surface area contributed by atoms with Crippen LogP contribution in [0.25, 0.3) is 5.00 Å². The first kappa shape index (κ1) is 30.0. The lowest BCUT2D eigenvalue weighted by atomic mass is 9.76. The molecule has 1 unspecified atom stereocenters. The number of nitrogens with zero attached hydrogens (tertiary/aromatic N) is 5. The SMILES string of the molecule is Cc1sc2c(c1C)C(c1ccc(Cl)cc1)=N[C@@H](CC(=O)CC1C[C@H]3CCC[C@@H](C1)N3C(=O)OC(C)(C)C)c1nnc(C)n1-2. The summed E-state index contributed by atoms with van der Waals surface area (Å²) in [5, 5.41) is 10.7. The Morgan fingerprint density at radius 2 is 1.70 bits per heavy atom. The van der Waals surface area contributed by atoms with E-state index in [1.807, 2.05) is 56.9 Å². The van der Waals surface area contributed by atoms with Crippen molar-refractivity contribution in [3.05, 3.63) is 62.5 Å². The summed E-state index contributed by atoms with van der Waals surface area (Å²) >= 11 is 7.95. The summed E-state index contributed by atoms with van der Waals surface area (Å²) in [6.07, 6.45) is 5.20. The number of fused-ring (bicyclic) bond motifs is 5. The number of rotatable bonds is 5. The van der Waals surface area contributed by atoms with Crippen LogP contribution in [0, 0.1) is 26.7 Å². The van der Waals surface area contributed by atoms with E-state index in [4.69, 9.17) is 21.3 Å². The Bertz CT molecular complexity index is 1570. The summed E-state index contributed by atoms with van der Waals surface area (Å²) in [7, 11) is 0. The molecule has 2 bridgehead atoms. The second kappa shape index (κ2) is 11.5. The van der Waals surface area contributed by atoms with E-state index in [-0.39, 0.29) is 36.3 Å². The summed E-state index contributed by atoms with van der Waals surface area (Å²) in [6.45, 7) is 11.9. The molecular formula is C33H40ClN5O3S. The maximum Gasteiger partial charge on any atom is 0.410 e. The van der Waals surface area contributed by atoms with Crippen LogP contribution in [-0.4, -0.2) is 54.9 Å². The Balaban J connectivity index is 1.26. The molecule has 0 aliphatic carbocycles. The van der Waals surface area contributed by atoms with Gasteiger partial charge in [-0.1, -0.05) is 23.7 Å². The van der Waals surface area contributed by atoms with Gasteiger partial charge in [0.2, 0.25) is 0 Å². The van der Waals surface area contributed by atoms with Gasteiger partial charge in [-0.25, -0.2) is 4.79 Å². The first-order chi connectivity index (χ1) is 20.4. The first-order valence-electron chi connectivity index (χ1n) is 15.3. The van der Waals surface area contributed by atoms with Gasteiger partial charge >= 0.3 is 6.09 Å². The number of piperidine rings is 2. The molecule has 2 fully saturated rings. The molecule has 3 aromatic rings. The van der Waals surface area contributed by atoms with E-state index in [0.29, 0.717) is 17.3 Å². The monoisotopic (exact) mass is 621 g/mol. The first-order valence-corrected chi connectivity index (χ1v) is 16.5. The fourth-order valence-electron chi connectivity index (χ4n) is 7.03. The van der Waals surface area contributed by atoms with Crippen LogP contribution in [0.2, 0.25) is 5.02 Å². The van der Waals surface area contributed by atoms with Crippen molar-refractivity contribution in [1.82, 2.24) is 19.7 Å². The maximum atomic E-state index is 13.8. The van der Waals surface area contributed by atoms with Crippen molar-refractivity contribution >= 4 is 40.5 Å². The average Bonchev–Trinajstić information content (AvgIpc) is 3.39. The normalized spacial score (nSPS) is 23.2. The zero-order valence-electron chi connectivity index (χ0n) is 25.8. The van der Waals surface area contributed by atoms with E-state index in [0.717, 1.165) is 59.8 Å². The molecule has 2 aromatic heterocycles. The summed E-state index contributed by atoms with van der Waals surface area (Å²) in [4.78, 5) is 35.3. The van der Waals surface area contributed by atoms with Gasteiger partial charge in [-0.2, -0.15) is 0 Å². The zero-order valence-corrected chi connectivity index (χ0v) is 27.4. The molecule has 43 heavy (non-hydrogen) atoms. The molecule has 3 aliphatic rings. The topological polar surface area (TPSA) is 89.7 Å². The number of benzene rings is 1. The molecule has 4 atom stereocenters. The molecule has 1 aromatic carbocycles. The van der Waals surface area contributed by atoms with E-state index >= 15 is 0 Å². The second-order valence-electron chi connectivity index (χ2n) is 13.3. The summed E-state index contributed by atoms with van der Waals surface area (Å²) in [5.74, 6) is 1.89. The van der Waals surface area contributed by atoms with Gasteiger partial charge in [-0.15, -0.1) is 21.5 Å². The molecule has 3 aliphatic heterocycles. The minimum atomic E-state index is -0.526. The number of aryl methyl sites for hydroxylation is 2. The molecule has 5 heterocycles. The fraction of sp³-hybridized carbons (Fsp3) is 0.545. The van der Waals surface area contributed by atoms with Crippen LogP contribution < -0.4 is 0 Å². The van der Waals surface area contributed by atoms with Crippen molar-refractivity contribution in [3.8, 4) is 5.00 Å². The van der Waals surface area contributed by atoms with Crippen LogP contribution in [0.15, 0.2) is 29.3 Å². The van der Waals surface area contributed by atoms with Crippen molar-refractivity contribution in [2.45, 2.75) is 110 Å². The molecule has 10 heteroatoms. The summed E-state index contributed by atoms with van der Waals surface area (Å²) in [5.41, 5.74) is 3.52. The number of carbonyl (C=O) groups excluding carboxylic acids is 2. The van der Waals surface area contributed by atoms with Crippen LogP contribution in [-0.2, 0) is 9.53 Å². The van der Waals surface area contributed by atoms with Gasteiger partial charge in [0.15, 0.2) is 5.82 Å². The molecule has 0 radical (unpaired) electrons. The lowest BCUT2D eigenvalue weighted by molar-refractivity contribution is -0.121. The molecule has 0 spiro atoms. The van der Waals surface area contributed by atoms with Gasteiger partial charge in [0.1, 0.15) is 28.3 Å².